The highest BCUT2D eigenvalue weighted by Gasteiger charge is 2.08. The van der Waals surface area contributed by atoms with E-state index in [4.69, 9.17) is 32.7 Å². The van der Waals surface area contributed by atoms with Crippen molar-refractivity contribution in [2.45, 2.75) is 19.8 Å². The molecule has 2 aromatic rings. The first-order valence-electron chi connectivity index (χ1n) is 8.19. The lowest BCUT2D eigenvalue weighted by atomic mass is 10.2. The molecule has 2 rings (SSSR count). The average molecular weight is 394 g/mol. The summed E-state index contributed by atoms with van der Waals surface area (Å²) < 4.78 is 11.2. The van der Waals surface area contributed by atoms with E-state index in [0.717, 1.165) is 5.57 Å². The van der Waals surface area contributed by atoms with Crippen LogP contribution in [0.5, 0.6) is 11.5 Å². The number of nitrogens with one attached hydrogen (secondary N) is 1. The summed E-state index contributed by atoms with van der Waals surface area (Å²) in [7, 11) is 0. The Morgan fingerprint density at radius 2 is 1.88 bits per heavy atom. The van der Waals surface area contributed by atoms with Gasteiger partial charge in [-0.2, -0.15) is 0 Å². The number of hydrogen-bond acceptors (Lipinski definition) is 3. The molecule has 0 aliphatic carbocycles. The minimum absolute atomic E-state index is 0.109. The van der Waals surface area contributed by atoms with Crippen LogP contribution >= 0.6 is 23.2 Å². The van der Waals surface area contributed by atoms with Crippen molar-refractivity contribution in [1.82, 2.24) is 0 Å². The van der Waals surface area contributed by atoms with Crippen LogP contribution in [0.25, 0.3) is 0 Å². The Balaban J connectivity index is 1.79. The van der Waals surface area contributed by atoms with E-state index >= 15 is 0 Å². The lowest BCUT2D eigenvalue weighted by Crippen LogP contribution is -2.14. The summed E-state index contributed by atoms with van der Waals surface area (Å²) in [6, 6.07) is 12.3. The second-order valence-corrected chi connectivity index (χ2v) is 6.66. The molecule has 0 atom stereocenters. The molecule has 0 radical (unpaired) electrons. The predicted molar refractivity (Wildman–Crippen MR) is 107 cm³/mol. The Labute approximate surface area is 163 Å². The highest BCUT2D eigenvalue weighted by Crippen LogP contribution is 2.28. The fraction of sp³-hybridized carbons (Fsp3) is 0.250. The Hall–Kier alpha value is -2.17. The normalized spacial score (nSPS) is 10.3. The van der Waals surface area contributed by atoms with Crippen LogP contribution in [0, 0.1) is 0 Å². The molecule has 4 nitrogen and oxygen atoms in total. The number of benzene rings is 2. The number of amides is 1. The molecule has 0 unspecified atom stereocenters. The predicted octanol–water partition coefficient (Wildman–Crippen LogP) is 5.75. The minimum atomic E-state index is -0.109. The van der Waals surface area contributed by atoms with Crippen molar-refractivity contribution in [3.05, 3.63) is 64.7 Å². The maximum Gasteiger partial charge on any atom is 0.224 e. The highest BCUT2D eigenvalue weighted by atomic mass is 35.5. The molecule has 0 saturated carbocycles. The topological polar surface area (TPSA) is 47.6 Å². The van der Waals surface area contributed by atoms with Crippen LogP contribution in [0.3, 0.4) is 0 Å². The second kappa shape index (κ2) is 10.1. The van der Waals surface area contributed by atoms with Gasteiger partial charge < -0.3 is 14.8 Å². The summed E-state index contributed by atoms with van der Waals surface area (Å²) in [5, 5.41) is 3.86. The summed E-state index contributed by atoms with van der Waals surface area (Å²) in [5.41, 5.74) is 1.55. The molecule has 1 amide bonds. The number of halogens is 2. The lowest BCUT2D eigenvalue weighted by Gasteiger charge is -2.12. The minimum Gasteiger partial charge on any atom is -0.492 e. The van der Waals surface area contributed by atoms with Gasteiger partial charge in [0.1, 0.15) is 18.1 Å². The number of rotatable bonds is 9. The van der Waals surface area contributed by atoms with E-state index in [2.05, 4.69) is 11.9 Å². The van der Waals surface area contributed by atoms with E-state index in [1.54, 1.807) is 24.3 Å². The van der Waals surface area contributed by atoms with Gasteiger partial charge >= 0.3 is 0 Å². The molecule has 0 spiro atoms. The Morgan fingerprint density at radius 1 is 1.12 bits per heavy atom. The molecule has 0 fully saturated rings. The summed E-state index contributed by atoms with van der Waals surface area (Å²) in [6.45, 7) is 6.47. The zero-order valence-corrected chi connectivity index (χ0v) is 16.1. The standard InChI is InChI=1S/C20H21Cl2NO3/c1-14(2)13-26-19-7-4-3-6-17(19)23-20(24)8-5-11-25-18-10-9-15(21)12-16(18)22/h3-4,6-7,9-10,12H,1,5,8,11,13H2,2H3,(H,23,24). The van der Waals surface area contributed by atoms with Crippen molar-refractivity contribution in [3.63, 3.8) is 0 Å². The van der Waals surface area contributed by atoms with Gasteiger partial charge in [-0.05, 0) is 49.2 Å². The monoisotopic (exact) mass is 393 g/mol. The molecule has 0 saturated heterocycles. The first-order valence-corrected chi connectivity index (χ1v) is 8.95. The van der Waals surface area contributed by atoms with Gasteiger partial charge in [-0.1, -0.05) is 41.9 Å². The molecule has 0 aliphatic heterocycles. The van der Waals surface area contributed by atoms with Crippen molar-refractivity contribution >= 4 is 34.8 Å². The SMILES string of the molecule is C=C(C)COc1ccccc1NC(=O)CCCOc1ccc(Cl)cc1Cl. The van der Waals surface area contributed by atoms with E-state index in [0.29, 0.717) is 53.3 Å². The van der Waals surface area contributed by atoms with Crippen LogP contribution < -0.4 is 14.8 Å². The molecule has 2 aromatic carbocycles. The molecule has 0 bridgehead atoms. The van der Waals surface area contributed by atoms with Gasteiger partial charge in [0.15, 0.2) is 0 Å². The molecule has 0 aliphatic rings. The molecule has 6 heteroatoms. The van der Waals surface area contributed by atoms with E-state index in [-0.39, 0.29) is 5.91 Å². The van der Waals surface area contributed by atoms with Crippen LogP contribution in [-0.4, -0.2) is 19.1 Å². The zero-order valence-electron chi connectivity index (χ0n) is 14.6. The summed E-state index contributed by atoms with van der Waals surface area (Å²) in [4.78, 5) is 12.1. The largest absolute Gasteiger partial charge is 0.492 e. The van der Waals surface area contributed by atoms with Crippen LogP contribution in [-0.2, 0) is 4.79 Å². The number of hydrogen-bond donors (Lipinski definition) is 1. The molecule has 138 valence electrons. The third-order valence-corrected chi connectivity index (χ3v) is 3.87. The van der Waals surface area contributed by atoms with Crippen LogP contribution in [0.4, 0.5) is 5.69 Å². The summed E-state index contributed by atoms with van der Waals surface area (Å²) in [5.74, 6) is 1.06. The van der Waals surface area contributed by atoms with Crippen LogP contribution in [0.2, 0.25) is 10.0 Å². The smallest absolute Gasteiger partial charge is 0.224 e. The van der Waals surface area contributed by atoms with Crippen LogP contribution in [0.1, 0.15) is 19.8 Å². The molecular weight excluding hydrogens is 373 g/mol. The number of carbonyl (C=O) groups excluding carboxylic acids is 1. The van der Waals surface area contributed by atoms with E-state index in [9.17, 15) is 4.79 Å². The fourth-order valence-electron chi connectivity index (χ4n) is 2.12. The van der Waals surface area contributed by atoms with Gasteiger partial charge in [-0.3, -0.25) is 4.79 Å². The van der Waals surface area contributed by atoms with Gasteiger partial charge in [0.05, 0.1) is 17.3 Å². The molecule has 1 N–H and O–H groups in total. The first kappa shape index (κ1) is 20.1. The third-order valence-electron chi connectivity index (χ3n) is 3.33. The van der Waals surface area contributed by atoms with Gasteiger partial charge in [-0.15, -0.1) is 0 Å². The lowest BCUT2D eigenvalue weighted by molar-refractivity contribution is -0.116. The van der Waals surface area contributed by atoms with Crippen molar-refractivity contribution in [2.75, 3.05) is 18.5 Å². The van der Waals surface area contributed by atoms with Gasteiger partial charge in [0.25, 0.3) is 0 Å². The van der Waals surface area contributed by atoms with Crippen molar-refractivity contribution in [2.24, 2.45) is 0 Å². The molecule has 26 heavy (non-hydrogen) atoms. The number of ether oxygens (including phenoxy) is 2. The van der Waals surface area contributed by atoms with E-state index < -0.39 is 0 Å². The zero-order chi connectivity index (χ0) is 18.9. The third kappa shape index (κ3) is 6.62. The Bertz CT molecular complexity index is 777. The van der Waals surface area contributed by atoms with Crippen molar-refractivity contribution < 1.29 is 14.3 Å². The van der Waals surface area contributed by atoms with E-state index in [1.165, 1.54) is 0 Å². The maximum atomic E-state index is 12.1. The van der Waals surface area contributed by atoms with Crippen LogP contribution in [0.15, 0.2) is 54.6 Å². The molecular formula is C20H21Cl2NO3. The average Bonchev–Trinajstić information content (AvgIpc) is 2.59. The number of carbonyl (C=O) groups is 1. The maximum absolute atomic E-state index is 12.1. The summed E-state index contributed by atoms with van der Waals surface area (Å²) >= 11 is 11.9. The summed E-state index contributed by atoms with van der Waals surface area (Å²) in [6.07, 6.45) is 0.875. The second-order valence-electron chi connectivity index (χ2n) is 5.82. The number of anilines is 1. The van der Waals surface area contributed by atoms with E-state index in [1.807, 2.05) is 25.1 Å². The molecule has 0 heterocycles. The van der Waals surface area contributed by atoms with Gasteiger partial charge in [0, 0.05) is 11.4 Å². The first-order chi connectivity index (χ1) is 12.5. The Morgan fingerprint density at radius 3 is 2.62 bits per heavy atom. The van der Waals surface area contributed by atoms with Crippen molar-refractivity contribution in [1.29, 1.82) is 0 Å². The fourth-order valence-corrected chi connectivity index (χ4v) is 2.58. The highest BCUT2D eigenvalue weighted by molar-refractivity contribution is 6.35. The molecule has 0 aromatic heterocycles. The van der Waals surface area contributed by atoms with Gasteiger partial charge in [0.2, 0.25) is 5.91 Å². The van der Waals surface area contributed by atoms with Gasteiger partial charge in [-0.25, -0.2) is 0 Å². The Kier molecular flexibility index (Phi) is 7.82. The number of para-hydroxylation sites is 2. The van der Waals surface area contributed by atoms with Crippen molar-refractivity contribution in [3.8, 4) is 11.5 Å². The quantitative estimate of drug-likeness (QED) is 0.435.